The van der Waals surface area contributed by atoms with Crippen molar-refractivity contribution in [2.75, 3.05) is 0 Å². The normalized spacial score (nSPS) is 20.9. The molecule has 0 unspecified atom stereocenters. The Morgan fingerprint density at radius 2 is 1.74 bits per heavy atom. The molecule has 2 heteroatoms. The van der Waals surface area contributed by atoms with Crippen molar-refractivity contribution < 1.29 is 9.84 Å². The zero-order valence-electron chi connectivity index (χ0n) is 10.8. The van der Waals surface area contributed by atoms with Crippen LogP contribution in [0.1, 0.15) is 22.8 Å². The summed E-state index contributed by atoms with van der Waals surface area (Å²) >= 11 is 0. The monoisotopic (exact) mass is 252 g/mol. The van der Waals surface area contributed by atoms with Crippen molar-refractivity contribution in [2.45, 2.75) is 19.1 Å². The third kappa shape index (κ3) is 2.27. The van der Waals surface area contributed by atoms with Gasteiger partial charge in [0.25, 0.3) is 0 Å². The van der Waals surface area contributed by atoms with Gasteiger partial charge in [-0.1, -0.05) is 48.5 Å². The lowest BCUT2D eigenvalue weighted by molar-refractivity contribution is 0.0619. The number of aliphatic hydroxyl groups is 1. The largest absolute Gasteiger partial charge is 0.483 e. The number of para-hydroxylation sites is 1. The minimum atomic E-state index is -0.624. The summed E-state index contributed by atoms with van der Waals surface area (Å²) in [4.78, 5) is 0. The summed E-state index contributed by atoms with van der Waals surface area (Å²) in [6, 6.07) is 15.7. The smallest absolute Gasteiger partial charge is 0.147 e. The zero-order valence-corrected chi connectivity index (χ0v) is 10.8. The van der Waals surface area contributed by atoms with Crippen molar-refractivity contribution in [3.05, 3.63) is 71.3 Å². The van der Waals surface area contributed by atoms with Gasteiger partial charge in [0.15, 0.2) is 0 Å². The van der Waals surface area contributed by atoms with Crippen LogP contribution in [-0.4, -0.2) is 11.2 Å². The fraction of sp³-hybridized carbons (Fsp3) is 0.176. The fourth-order valence-electron chi connectivity index (χ4n) is 2.35. The number of rotatable bonds is 2. The molecule has 0 aromatic heterocycles. The molecule has 1 aliphatic carbocycles. The molecule has 3 rings (SSSR count). The van der Waals surface area contributed by atoms with Crippen LogP contribution in [0.5, 0.6) is 5.75 Å². The quantitative estimate of drug-likeness (QED) is 0.886. The SMILES string of the molecule is Cc1ccccc1O[C@@H]1C=Cc2ccccc2[C@@H]1O. The van der Waals surface area contributed by atoms with E-state index in [1.807, 2.05) is 67.6 Å². The van der Waals surface area contributed by atoms with Gasteiger partial charge in [0.1, 0.15) is 18.0 Å². The predicted molar refractivity (Wildman–Crippen MR) is 76.0 cm³/mol. The molecule has 0 saturated carbocycles. The maximum Gasteiger partial charge on any atom is 0.147 e. The van der Waals surface area contributed by atoms with Crippen molar-refractivity contribution in [1.29, 1.82) is 0 Å². The predicted octanol–water partition coefficient (Wildman–Crippen LogP) is 3.50. The highest BCUT2D eigenvalue weighted by molar-refractivity contribution is 5.58. The summed E-state index contributed by atoms with van der Waals surface area (Å²) in [5, 5.41) is 10.4. The molecular formula is C17H16O2. The molecule has 0 bridgehead atoms. The molecule has 2 nitrogen and oxygen atoms in total. The average molecular weight is 252 g/mol. The van der Waals surface area contributed by atoms with Crippen molar-refractivity contribution in [1.82, 2.24) is 0 Å². The van der Waals surface area contributed by atoms with Crippen molar-refractivity contribution in [3.63, 3.8) is 0 Å². The minimum Gasteiger partial charge on any atom is -0.483 e. The van der Waals surface area contributed by atoms with Gasteiger partial charge in [0.05, 0.1) is 0 Å². The van der Waals surface area contributed by atoms with Crippen LogP contribution in [0, 0.1) is 6.92 Å². The Hall–Kier alpha value is -2.06. The van der Waals surface area contributed by atoms with Crippen LogP contribution in [0.2, 0.25) is 0 Å². The average Bonchev–Trinajstić information content (AvgIpc) is 2.44. The first-order valence-corrected chi connectivity index (χ1v) is 6.43. The maximum absolute atomic E-state index is 10.4. The van der Waals surface area contributed by atoms with Gasteiger partial charge < -0.3 is 9.84 Å². The molecule has 0 spiro atoms. The van der Waals surface area contributed by atoms with Gasteiger partial charge in [-0.3, -0.25) is 0 Å². The van der Waals surface area contributed by atoms with Crippen LogP contribution in [0.4, 0.5) is 0 Å². The highest BCUT2D eigenvalue weighted by atomic mass is 16.5. The van der Waals surface area contributed by atoms with Crippen LogP contribution in [-0.2, 0) is 0 Å². The Morgan fingerprint density at radius 3 is 2.58 bits per heavy atom. The summed E-state index contributed by atoms with van der Waals surface area (Å²) < 4.78 is 5.92. The van der Waals surface area contributed by atoms with E-state index in [2.05, 4.69) is 0 Å². The Morgan fingerprint density at radius 1 is 1.00 bits per heavy atom. The lowest BCUT2D eigenvalue weighted by atomic mass is 9.93. The molecule has 2 aromatic rings. The number of aryl methyl sites for hydroxylation is 1. The van der Waals surface area contributed by atoms with E-state index in [1.54, 1.807) is 0 Å². The van der Waals surface area contributed by atoms with Gasteiger partial charge in [0.2, 0.25) is 0 Å². The molecule has 0 heterocycles. The lowest BCUT2D eigenvalue weighted by Gasteiger charge is -2.27. The van der Waals surface area contributed by atoms with Crippen molar-refractivity contribution in [3.8, 4) is 5.75 Å². The first-order valence-electron chi connectivity index (χ1n) is 6.43. The van der Waals surface area contributed by atoms with E-state index in [0.717, 1.165) is 22.4 Å². The van der Waals surface area contributed by atoms with E-state index in [1.165, 1.54) is 0 Å². The summed E-state index contributed by atoms with van der Waals surface area (Å²) in [7, 11) is 0. The van der Waals surface area contributed by atoms with Gasteiger partial charge in [-0.2, -0.15) is 0 Å². The molecule has 2 aromatic carbocycles. The van der Waals surface area contributed by atoms with Crippen LogP contribution in [0.3, 0.4) is 0 Å². The second-order valence-electron chi connectivity index (χ2n) is 4.78. The molecule has 19 heavy (non-hydrogen) atoms. The van der Waals surface area contributed by atoms with Gasteiger partial charge in [0, 0.05) is 0 Å². The van der Waals surface area contributed by atoms with E-state index < -0.39 is 6.10 Å². The summed E-state index contributed by atoms with van der Waals surface area (Å²) in [6.07, 6.45) is 2.96. The number of aliphatic hydroxyl groups excluding tert-OH is 1. The molecule has 0 saturated heterocycles. The van der Waals surface area contributed by atoms with E-state index in [0.29, 0.717) is 0 Å². The Kier molecular flexibility index (Phi) is 3.10. The summed E-state index contributed by atoms with van der Waals surface area (Å²) in [5.74, 6) is 0.815. The van der Waals surface area contributed by atoms with Crippen LogP contribution in [0.25, 0.3) is 6.08 Å². The van der Waals surface area contributed by atoms with Gasteiger partial charge in [-0.05, 0) is 35.8 Å². The number of fused-ring (bicyclic) bond motifs is 1. The van der Waals surface area contributed by atoms with E-state index in [-0.39, 0.29) is 6.10 Å². The Balaban J connectivity index is 1.87. The van der Waals surface area contributed by atoms with E-state index in [4.69, 9.17) is 4.74 Å². The standard InChI is InChI=1S/C17H16O2/c1-12-6-2-5-9-15(12)19-16-11-10-13-7-3-4-8-14(13)17(16)18/h2-11,16-18H,1H3/t16-,17+/m1/s1. The number of benzene rings is 2. The van der Waals surface area contributed by atoms with Crippen LogP contribution in [0.15, 0.2) is 54.6 Å². The highest BCUT2D eigenvalue weighted by Gasteiger charge is 2.25. The Bertz CT molecular complexity index is 616. The van der Waals surface area contributed by atoms with Gasteiger partial charge in [-0.15, -0.1) is 0 Å². The second-order valence-corrected chi connectivity index (χ2v) is 4.78. The van der Waals surface area contributed by atoms with E-state index >= 15 is 0 Å². The number of hydrogen-bond acceptors (Lipinski definition) is 2. The molecule has 0 fully saturated rings. The first kappa shape index (κ1) is 12.0. The zero-order chi connectivity index (χ0) is 13.2. The molecule has 1 N–H and O–H groups in total. The number of hydrogen-bond donors (Lipinski definition) is 1. The molecule has 1 aliphatic rings. The van der Waals surface area contributed by atoms with Crippen molar-refractivity contribution in [2.24, 2.45) is 0 Å². The number of ether oxygens (including phenoxy) is 1. The summed E-state index contributed by atoms with van der Waals surface area (Å²) in [6.45, 7) is 2.00. The molecule has 2 atom stereocenters. The lowest BCUT2D eigenvalue weighted by Crippen LogP contribution is -2.26. The molecule has 96 valence electrons. The van der Waals surface area contributed by atoms with Gasteiger partial charge in [-0.25, -0.2) is 0 Å². The maximum atomic E-state index is 10.4. The van der Waals surface area contributed by atoms with Crippen LogP contribution < -0.4 is 4.74 Å². The fourth-order valence-corrected chi connectivity index (χ4v) is 2.35. The summed E-state index contributed by atoms with van der Waals surface area (Å²) in [5.41, 5.74) is 3.05. The highest BCUT2D eigenvalue weighted by Crippen LogP contribution is 2.31. The topological polar surface area (TPSA) is 29.5 Å². The van der Waals surface area contributed by atoms with Crippen LogP contribution >= 0.6 is 0 Å². The second kappa shape index (κ2) is 4.90. The van der Waals surface area contributed by atoms with E-state index in [9.17, 15) is 5.11 Å². The molecule has 0 aliphatic heterocycles. The first-order chi connectivity index (χ1) is 9.25. The molecular weight excluding hydrogens is 236 g/mol. The third-order valence-corrected chi connectivity index (χ3v) is 3.45. The van der Waals surface area contributed by atoms with Gasteiger partial charge >= 0.3 is 0 Å². The third-order valence-electron chi connectivity index (χ3n) is 3.45. The molecule has 0 radical (unpaired) electrons. The Labute approximate surface area is 113 Å². The molecule has 0 amide bonds. The van der Waals surface area contributed by atoms with Crippen molar-refractivity contribution >= 4 is 6.08 Å². The minimum absolute atomic E-state index is 0.337.